The van der Waals surface area contributed by atoms with E-state index >= 15 is 0 Å². The van der Waals surface area contributed by atoms with Crippen LogP contribution in [0.3, 0.4) is 0 Å². The average molecular weight is 394 g/mol. The summed E-state index contributed by atoms with van der Waals surface area (Å²) in [5.74, 6) is 0. The molecule has 1 aliphatic heterocycles. The van der Waals surface area contributed by atoms with Gasteiger partial charge in [-0.15, -0.1) is 0 Å². The Balaban J connectivity index is 1.81. The zero-order valence-corrected chi connectivity index (χ0v) is 19.3. The predicted octanol–water partition coefficient (Wildman–Crippen LogP) is 6.25. The second kappa shape index (κ2) is 19.9. The molecule has 28 heavy (non-hydrogen) atoms. The van der Waals surface area contributed by atoms with Crippen molar-refractivity contribution >= 4 is 0 Å². The molecule has 0 aromatic rings. The lowest BCUT2D eigenvalue weighted by Gasteiger charge is -2.36. The third-order valence-electron chi connectivity index (χ3n) is 5.93. The van der Waals surface area contributed by atoms with Gasteiger partial charge < -0.3 is 10.6 Å². The number of piperazine rings is 1. The van der Waals surface area contributed by atoms with Crippen molar-refractivity contribution in [1.29, 1.82) is 0 Å². The number of unbranched alkanes of at least 4 members (excludes halogenated alkanes) is 12. The molecule has 0 spiro atoms. The van der Waals surface area contributed by atoms with Crippen molar-refractivity contribution in [2.24, 2.45) is 0 Å². The standard InChI is InChI=1S/C25H51N3/c1-3-5-6-7-8-9-10-11-12-13-14-15-16-17-18-19-20-27-25-24-26-21-23-28(25)22-4-2/h11-12,25-27H,3-10,13-24H2,1-2H3. The van der Waals surface area contributed by atoms with Crippen LogP contribution in [-0.2, 0) is 0 Å². The Morgan fingerprint density at radius 3 is 2.04 bits per heavy atom. The molecule has 1 unspecified atom stereocenters. The number of hydrogen-bond donors (Lipinski definition) is 2. The highest BCUT2D eigenvalue weighted by molar-refractivity contribution is 4.81. The van der Waals surface area contributed by atoms with Crippen LogP contribution >= 0.6 is 0 Å². The van der Waals surface area contributed by atoms with Crippen LogP contribution in [0.4, 0.5) is 0 Å². The van der Waals surface area contributed by atoms with E-state index in [0.717, 1.165) is 13.1 Å². The van der Waals surface area contributed by atoms with Crippen molar-refractivity contribution in [3.8, 4) is 0 Å². The van der Waals surface area contributed by atoms with Crippen LogP contribution < -0.4 is 10.6 Å². The van der Waals surface area contributed by atoms with Crippen LogP contribution in [0.5, 0.6) is 0 Å². The van der Waals surface area contributed by atoms with E-state index in [4.69, 9.17) is 0 Å². The molecule has 1 atom stereocenters. The van der Waals surface area contributed by atoms with Crippen LogP contribution in [0, 0.1) is 0 Å². The summed E-state index contributed by atoms with van der Waals surface area (Å²) in [6.45, 7) is 10.4. The fourth-order valence-electron chi connectivity index (χ4n) is 4.14. The molecule has 0 aromatic carbocycles. The van der Waals surface area contributed by atoms with Crippen LogP contribution in [0.2, 0.25) is 0 Å². The SMILES string of the molecule is CCCCCCCCC=CCCCCCCCCNC1CNCCN1CCC. The van der Waals surface area contributed by atoms with Crippen LogP contribution in [0.15, 0.2) is 12.2 Å². The van der Waals surface area contributed by atoms with Gasteiger partial charge in [-0.2, -0.15) is 0 Å². The topological polar surface area (TPSA) is 27.3 Å². The summed E-state index contributed by atoms with van der Waals surface area (Å²) >= 11 is 0. The van der Waals surface area contributed by atoms with Crippen molar-refractivity contribution in [2.45, 2.75) is 116 Å². The Morgan fingerprint density at radius 1 is 0.786 bits per heavy atom. The Hall–Kier alpha value is -0.380. The lowest BCUT2D eigenvalue weighted by molar-refractivity contribution is 0.133. The van der Waals surface area contributed by atoms with E-state index in [1.807, 2.05) is 0 Å². The molecule has 0 radical (unpaired) electrons. The predicted molar refractivity (Wildman–Crippen MR) is 126 cm³/mol. The minimum Gasteiger partial charge on any atom is -0.313 e. The first kappa shape index (κ1) is 25.7. The van der Waals surface area contributed by atoms with Gasteiger partial charge in [-0.05, 0) is 51.6 Å². The Bertz CT molecular complexity index is 341. The molecule has 0 amide bonds. The summed E-state index contributed by atoms with van der Waals surface area (Å²) < 4.78 is 0. The highest BCUT2D eigenvalue weighted by Crippen LogP contribution is 2.10. The molecular weight excluding hydrogens is 342 g/mol. The van der Waals surface area contributed by atoms with Gasteiger partial charge in [0, 0.05) is 19.6 Å². The minimum atomic E-state index is 0.553. The largest absolute Gasteiger partial charge is 0.313 e. The van der Waals surface area contributed by atoms with Gasteiger partial charge in [-0.1, -0.05) is 83.8 Å². The summed E-state index contributed by atoms with van der Waals surface area (Å²) in [4.78, 5) is 2.61. The van der Waals surface area contributed by atoms with Gasteiger partial charge in [0.25, 0.3) is 0 Å². The molecule has 1 aliphatic rings. The Kier molecular flexibility index (Phi) is 18.2. The molecule has 3 nitrogen and oxygen atoms in total. The zero-order chi connectivity index (χ0) is 20.1. The van der Waals surface area contributed by atoms with Crippen LogP contribution in [-0.4, -0.2) is 43.8 Å². The maximum atomic E-state index is 3.76. The Morgan fingerprint density at radius 2 is 1.39 bits per heavy atom. The summed E-state index contributed by atoms with van der Waals surface area (Å²) in [6, 6.07) is 0. The Labute approximate surface area is 177 Å². The lowest BCUT2D eigenvalue weighted by atomic mass is 10.1. The van der Waals surface area contributed by atoms with Crippen molar-refractivity contribution in [1.82, 2.24) is 15.5 Å². The van der Waals surface area contributed by atoms with E-state index < -0.39 is 0 Å². The normalized spacial score (nSPS) is 18.3. The molecular formula is C25H51N3. The van der Waals surface area contributed by atoms with E-state index in [1.165, 1.54) is 116 Å². The maximum absolute atomic E-state index is 3.76. The zero-order valence-electron chi connectivity index (χ0n) is 19.3. The number of rotatable bonds is 19. The second-order valence-electron chi connectivity index (χ2n) is 8.65. The molecule has 1 fully saturated rings. The van der Waals surface area contributed by atoms with Crippen molar-refractivity contribution in [2.75, 3.05) is 32.7 Å². The van der Waals surface area contributed by atoms with Crippen molar-refractivity contribution in [3.63, 3.8) is 0 Å². The van der Waals surface area contributed by atoms with E-state index in [2.05, 4.69) is 41.5 Å². The van der Waals surface area contributed by atoms with Crippen molar-refractivity contribution in [3.05, 3.63) is 12.2 Å². The maximum Gasteiger partial charge on any atom is 0.0726 e. The van der Waals surface area contributed by atoms with Gasteiger partial charge in [0.1, 0.15) is 0 Å². The first-order valence-corrected chi connectivity index (χ1v) is 12.7. The number of nitrogens with one attached hydrogen (secondary N) is 2. The van der Waals surface area contributed by atoms with Gasteiger partial charge in [0.2, 0.25) is 0 Å². The summed E-state index contributed by atoms with van der Waals surface area (Å²) in [5, 5.41) is 7.28. The quantitative estimate of drug-likeness (QED) is 0.200. The van der Waals surface area contributed by atoms with Crippen LogP contribution in [0.25, 0.3) is 0 Å². The average Bonchev–Trinajstić information content (AvgIpc) is 2.71. The summed E-state index contributed by atoms with van der Waals surface area (Å²) in [7, 11) is 0. The summed E-state index contributed by atoms with van der Waals surface area (Å²) in [6.07, 6.45) is 26.0. The monoisotopic (exact) mass is 393 g/mol. The highest BCUT2D eigenvalue weighted by atomic mass is 15.3. The molecule has 0 aromatic heterocycles. The minimum absolute atomic E-state index is 0.553. The number of allylic oxidation sites excluding steroid dienone is 2. The summed E-state index contributed by atoms with van der Waals surface area (Å²) in [5.41, 5.74) is 0. The van der Waals surface area contributed by atoms with Gasteiger partial charge in [-0.3, -0.25) is 4.90 Å². The fourth-order valence-corrected chi connectivity index (χ4v) is 4.14. The van der Waals surface area contributed by atoms with Gasteiger partial charge in [0.05, 0.1) is 6.17 Å². The van der Waals surface area contributed by atoms with E-state index in [1.54, 1.807) is 0 Å². The first-order chi connectivity index (χ1) is 13.9. The molecule has 0 aliphatic carbocycles. The van der Waals surface area contributed by atoms with Crippen molar-refractivity contribution < 1.29 is 0 Å². The van der Waals surface area contributed by atoms with E-state index in [-0.39, 0.29) is 0 Å². The smallest absolute Gasteiger partial charge is 0.0726 e. The highest BCUT2D eigenvalue weighted by Gasteiger charge is 2.19. The molecule has 166 valence electrons. The molecule has 2 N–H and O–H groups in total. The second-order valence-corrected chi connectivity index (χ2v) is 8.65. The van der Waals surface area contributed by atoms with E-state index in [0.29, 0.717) is 6.17 Å². The molecule has 1 rings (SSSR count). The molecule has 0 bridgehead atoms. The molecule has 3 heteroatoms. The molecule has 0 saturated carbocycles. The van der Waals surface area contributed by atoms with Gasteiger partial charge in [0.15, 0.2) is 0 Å². The number of hydrogen-bond acceptors (Lipinski definition) is 3. The van der Waals surface area contributed by atoms with E-state index in [9.17, 15) is 0 Å². The molecule has 1 heterocycles. The fraction of sp³-hybridized carbons (Fsp3) is 0.920. The lowest BCUT2D eigenvalue weighted by Crippen LogP contribution is -2.58. The third-order valence-corrected chi connectivity index (χ3v) is 5.93. The van der Waals surface area contributed by atoms with Crippen LogP contribution in [0.1, 0.15) is 110 Å². The first-order valence-electron chi connectivity index (χ1n) is 12.7. The number of nitrogens with zero attached hydrogens (tertiary/aromatic N) is 1. The van der Waals surface area contributed by atoms with Gasteiger partial charge in [-0.25, -0.2) is 0 Å². The third kappa shape index (κ3) is 14.6. The molecule has 1 saturated heterocycles. The van der Waals surface area contributed by atoms with Gasteiger partial charge >= 0.3 is 0 Å².